The van der Waals surface area contributed by atoms with Gasteiger partial charge in [0.05, 0.1) is 19.1 Å². The fourth-order valence-corrected chi connectivity index (χ4v) is 4.09. The SMILES string of the molecule is COc1cc([C@H]2N=C(SCCC(=O)O)NC(C)=C2C(=O)Nc2ccccc2)ccc1C. The van der Waals surface area contributed by atoms with Gasteiger partial charge in [0, 0.05) is 17.1 Å². The van der Waals surface area contributed by atoms with Crippen molar-refractivity contribution in [3.8, 4) is 5.75 Å². The van der Waals surface area contributed by atoms with E-state index in [4.69, 9.17) is 14.8 Å². The maximum Gasteiger partial charge on any atom is 0.304 e. The minimum Gasteiger partial charge on any atom is -0.496 e. The maximum atomic E-state index is 13.2. The van der Waals surface area contributed by atoms with Crippen molar-refractivity contribution < 1.29 is 19.4 Å². The first-order valence-corrected chi connectivity index (χ1v) is 10.8. The molecular formula is C23H25N3O4S. The molecule has 0 aromatic heterocycles. The van der Waals surface area contributed by atoms with E-state index >= 15 is 0 Å². The number of hydrogen-bond acceptors (Lipinski definition) is 6. The zero-order valence-corrected chi connectivity index (χ0v) is 18.5. The van der Waals surface area contributed by atoms with Crippen LogP contribution in [0.3, 0.4) is 0 Å². The Balaban J connectivity index is 1.95. The Hall–Kier alpha value is -3.26. The van der Waals surface area contributed by atoms with Gasteiger partial charge in [0.15, 0.2) is 5.17 Å². The lowest BCUT2D eigenvalue weighted by Crippen LogP contribution is -2.32. The van der Waals surface area contributed by atoms with E-state index < -0.39 is 12.0 Å². The number of rotatable bonds is 7. The van der Waals surface area contributed by atoms with Crippen LogP contribution in [0.15, 0.2) is 64.8 Å². The molecule has 2 aromatic carbocycles. The molecule has 0 saturated carbocycles. The number of anilines is 1. The Bertz CT molecular complexity index is 1030. The summed E-state index contributed by atoms with van der Waals surface area (Å²) in [7, 11) is 1.61. The molecule has 162 valence electrons. The molecule has 8 heteroatoms. The van der Waals surface area contributed by atoms with Crippen molar-refractivity contribution in [2.24, 2.45) is 4.99 Å². The molecule has 7 nitrogen and oxygen atoms in total. The number of carboxylic acids is 1. The zero-order chi connectivity index (χ0) is 22.4. The molecule has 0 radical (unpaired) electrons. The average Bonchev–Trinajstić information content (AvgIpc) is 2.74. The molecule has 31 heavy (non-hydrogen) atoms. The quantitative estimate of drug-likeness (QED) is 0.600. The van der Waals surface area contributed by atoms with Crippen LogP contribution in [-0.2, 0) is 9.59 Å². The van der Waals surface area contributed by atoms with E-state index in [9.17, 15) is 9.59 Å². The topological polar surface area (TPSA) is 100 Å². The lowest BCUT2D eigenvalue weighted by atomic mass is 9.94. The Kier molecular flexibility index (Phi) is 7.36. The van der Waals surface area contributed by atoms with Crippen LogP contribution in [0.4, 0.5) is 5.69 Å². The zero-order valence-electron chi connectivity index (χ0n) is 17.6. The van der Waals surface area contributed by atoms with Crippen molar-refractivity contribution >= 4 is 34.5 Å². The molecule has 0 saturated heterocycles. The molecule has 3 rings (SSSR count). The van der Waals surface area contributed by atoms with Crippen molar-refractivity contribution in [3.05, 3.63) is 70.9 Å². The third-order valence-corrected chi connectivity index (χ3v) is 5.69. The number of thioether (sulfide) groups is 1. The minimum atomic E-state index is -0.862. The predicted molar refractivity (Wildman–Crippen MR) is 124 cm³/mol. The Labute approximate surface area is 185 Å². The molecule has 1 amide bonds. The van der Waals surface area contributed by atoms with Crippen LogP contribution in [-0.4, -0.2) is 35.0 Å². The number of carbonyl (C=O) groups is 2. The molecule has 0 unspecified atom stereocenters. The fourth-order valence-electron chi connectivity index (χ4n) is 3.22. The highest BCUT2D eigenvalue weighted by Crippen LogP contribution is 2.35. The molecular weight excluding hydrogens is 414 g/mol. The van der Waals surface area contributed by atoms with Crippen LogP contribution >= 0.6 is 11.8 Å². The fraction of sp³-hybridized carbons (Fsp3) is 0.261. The number of benzene rings is 2. The van der Waals surface area contributed by atoms with Gasteiger partial charge in [0.25, 0.3) is 5.91 Å². The van der Waals surface area contributed by atoms with Gasteiger partial charge in [-0.2, -0.15) is 0 Å². The number of amidine groups is 1. The van der Waals surface area contributed by atoms with E-state index in [0.29, 0.717) is 33.6 Å². The molecule has 1 atom stereocenters. The summed E-state index contributed by atoms with van der Waals surface area (Å²) in [4.78, 5) is 28.8. The molecule has 0 spiro atoms. The first-order chi connectivity index (χ1) is 14.9. The highest BCUT2D eigenvalue weighted by atomic mass is 32.2. The van der Waals surface area contributed by atoms with Crippen LogP contribution in [0.1, 0.15) is 30.5 Å². The van der Waals surface area contributed by atoms with Crippen molar-refractivity contribution in [2.75, 3.05) is 18.2 Å². The molecule has 2 aromatic rings. The van der Waals surface area contributed by atoms with Gasteiger partial charge in [0.2, 0.25) is 0 Å². The number of aryl methyl sites for hydroxylation is 1. The number of allylic oxidation sites excluding steroid dienone is 1. The molecule has 1 aliphatic heterocycles. The van der Waals surface area contributed by atoms with Crippen LogP contribution in [0.25, 0.3) is 0 Å². The van der Waals surface area contributed by atoms with E-state index in [2.05, 4.69) is 10.6 Å². The predicted octanol–water partition coefficient (Wildman–Crippen LogP) is 4.12. The Morgan fingerprint density at radius 3 is 2.61 bits per heavy atom. The number of para-hydroxylation sites is 1. The second-order valence-electron chi connectivity index (χ2n) is 7.04. The normalized spacial score (nSPS) is 15.7. The number of carbonyl (C=O) groups excluding carboxylic acids is 1. The monoisotopic (exact) mass is 439 g/mol. The van der Waals surface area contributed by atoms with Gasteiger partial charge in [-0.05, 0) is 43.2 Å². The number of nitrogens with one attached hydrogen (secondary N) is 2. The summed E-state index contributed by atoms with van der Waals surface area (Å²) in [6.45, 7) is 3.77. The number of aliphatic carboxylic acids is 1. The standard InChI is InChI=1S/C23H25N3O4S/c1-14-9-10-16(13-18(14)30-3)21-20(22(29)25-17-7-5-4-6-8-17)15(2)24-23(26-21)31-12-11-19(27)28/h4-10,13,21H,11-12H2,1-3H3,(H,24,26)(H,25,29)(H,27,28)/t21-/m1/s1. The molecule has 3 N–H and O–H groups in total. The number of aliphatic imine (C=N–C) groups is 1. The summed E-state index contributed by atoms with van der Waals surface area (Å²) in [5.41, 5.74) is 3.66. The van der Waals surface area contributed by atoms with E-state index in [1.165, 1.54) is 11.8 Å². The smallest absolute Gasteiger partial charge is 0.304 e. The summed E-state index contributed by atoms with van der Waals surface area (Å²) < 4.78 is 5.46. The van der Waals surface area contributed by atoms with Gasteiger partial charge in [0.1, 0.15) is 11.8 Å². The Morgan fingerprint density at radius 1 is 1.19 bits per heavy atom. The second-order valence-corrected chi connectivity index (χ2v) is 8.13. The first-order valence-electron chi connectivity index (χ1n) is 9.80. The number of ether oxygens (including phenoxy) is 1. The average molecular weight is 440 g/mol. The number of hydrogen-bond donors (Lipinski definition) is 3. The first kappa shape index (κ1) is 22.4. The third-order valence-electron chi connectivity index (χ3n) is 4.80. The summed E-state index contributed by atoms with van der Waals surface area (Å²) >= 11 is 1.32. The largest absolute Gasteiger partial charge is 0.496 e. The third kappa shape index (κ3) is 5.67. The van der Waals surface area contributed by atoms with Crippen LogP contribution in [0.2, 0.25) is 0 Å². The lowest BCUT2D eigenvalue weighted by Gasteiger charge is -2.26. The summed E-state index contributed by atoms with van der Waals surface area (Å²) in [5.74, 6) is -0.0194. The van der Waals surface area contributed by atoms with Crippen molar-refractivity contribution in [2.45, 2.75) is 26.3 Å². The number of nitrogens with zero attached hydrogens (tertiary/aromatic N) is 1. The van der Waals surface area contributed by atoms with Gasteiger partial charge in [-0.3, -0.25) is 9.59 Å². The van der Waals surface area contributed by atoms with Crippen LogP contribution in [0, 0.1) is 6.92 Å². The highest BCUT2D eigenvalue weighted by molar-refractivity contribution is 8.13. The molecule has 0 fully saturated rings. The van der Waals surface area contributed by atoms with Gasteiger partial charge < -0.3 is 20.5 Å². The van der Waals surface area contributed by atoms with E-state index in [-0.39, 0.29) is 12.3 Å². The van der Waals surface area contributed by atoms with Gasteiger partial charge in [-0.1, -0.05) is 42.1 Å². The molecule has 1 heterocycles. The van der Waals surface area contributed by atoms with Crippen molar-refractivity contribution in [1.29, 1.82) is 0 Å². The number of methoxy groups -OCH3 is 1. The van der Waals surface area contributed by atoms with Crippen LogP contribution < -0.4 is 15.4 Å². The van der Waals surface area contributed by atoms with Crippen molar-refractivity contribution in [3.63, 3.8) is 0 Å². The van der Waals surface area contributed by atoms with E-state index in [1.807, 2.05) is 62.4 Å². The second kappa shape index (κ2) is 10.2. The van der Waals surface area contributed by atoms with E-state index in [1.54, 1.807) is 7.11 Å². The number of carboxylic acid groups (broad SMARTS) is 1. The van der Waals surface area contributed by atoms with Gasteiger partial charge >= 0.3 is 5.97 Å². The highest BCUT2D eigenvalue weighted by Gasteiger charge is 2.30. The maximum absolute atomic E-state index is 13.2. The van der Waals surface area contributed by atoms with Crippen molar-refractivity contribution in [1.82, 2.24) is 5.32 Å². The summed E-state index contributed by atoms with van der Waals surface area (Å²) in [6, 6.07) is 14.4. The molecule has 0 aliphatic carbocycles. The summed E-state index contributed by atoms with van der Waals surface area (Å²) in [6.07, 6.45) is 0.0263. The molecule has 1 aliphatic rings. The molecule has 0 bridgehead atoms. The van der Waals surface area contributed by atoms with Gasteiger partial charge in [-0.15, -0.1) is 0 Å². The lowest BCUT2D eigenvalue weighted by molar-refractivity contribution is -0.136. The Morgan fingerprint density at radius 2 is 1.94 bits per heavy atom. The van der Waals surface area contributed by atoms with Crippen LogP contribution in [0.5, 0.6) is 5.75 Å². The summed E-state index contributed by atoms with van der Waals surface area (Å²) in [5, 5.41) is 15.6. The number of amides is 1. The van der Waals surface area contributed by atoms with Gasteiger partial charge in [-0.25, -0.2) is 4.99 Å². The minimum absolute atomic E-state index is 0.0263. The van der Waals surface area contributed by atoms with E-state index in [0.717, 1.165) is 11.1 Å².